The average Bonchev–Trinajstić information content (AvgIpc) is 2.70. The van der Waals surface area contributed by atoms with Crippen LogP contribution in [-0.2, 0) is 4.79 Å². The van der Waals surface area contributed by atoms with Gasteiger partial charge >= 0.3 is 0 Å². The summed E-state index contributed by atoms with van der Waals surface area (Å²) in [4.78, 5) is 16.5. The molecular weight excluding hydrogens is 387 g/mol. The van der Waals surface area contributed by atoms with E-state index in [1.807, 2.05) is 30.3 Å². The summed E-state index contributed by atoms with van der Waals surface area (Å²) in [7, 11) is 0. The number of nitrogens with zero attached hydrogens (tertiary/aromatic N) is 1. The molecule has 0 spiro atoms. The Morgan fingerprint density at radius 3 is 2.40 bits per heavy atom. The van der Waals surface area contributed by atoms with E-state index in [0.717, 1.165) is 5.56 Å². The summed E-state index contributed by atoms with van der Waals surface area (Å²) >= 11 is 0. The molecule has 1 aromatic rings. The van der Waals surface area contributed by atoms with Gasteiger partial charge in [0, 0.05) is 24.1 Å². The van der Waals surface area contributed by atoms with Crippen molar-refractivity contribution >= 4 is 11.5 Å². The van der Waals surface area contributed by atoms with Gasteiger partial charge in [0.15, 0.2) is 12.6 Å². The number of aliphatic hydroxyl groups excluding tert-OH is 2. The van der Waals surface area contributed by atoms with Gasteiger partial charge in [-0.15, -0.1) is 0 Å². The number of rotatable bonds is 14. The van der Waals surface area contributed by atoms with Crippen LogP contribution < -0.4 is 5.32 Å². The summed E-state index contributed by atoms with van der Waals surface area (Å²) in [5, 5.41) is 33.1. The van der Waals surface area contributed by atoms with Crippen molar-refractivity contribution in [2.24, 2.45) is 10.9 Å². The van der Waals surface area contributed by atoms with Crippen molar-refractivity contribution in [2.75, 3.05) is 13.4 Å². The lowest BCUT2D eigenvalue weighted by molar-refractivity contribution is -0.119. The van der Waals surface area contributed by atoms with Crippen LogP contribution in [0, 0.1) is 5.92 Å². The molecule has 0 aliphatic rings. The molecule has 4 atom stereocenters. The lowest BCUT2D eigenvalue weighted by Gasteiger charge is -2.25. The maximum atomic E-state index is 12.9. The predicted molar refractivity (Wildman–Crippen MR) is 117 cm³/mol. The summed E-state index contributed by atoms with van der Waals surface area (Å²) in [6.45, 7) is 5.73. The Labute approximate surface area is 179 Å². The Balaban J connectivity index is 2.69. The number of alkyl halides is 1. The Morgan fingerprint density at radius 1 is 1.23 bits per heavy atom. The van der Waals surface area contributed by atoms with Crippen molar-refractivity contribution < 1.29 is 24.5 Å². The van der Waals surface area contributed by atoms with Gasteiger partial charge in [-0.05, 0) is 52.5 Å². The van der Waals surface area contributed by atoms with Crippen molar-refractivity contribution in [2.45, 2.75) is 77.2 Å². The summed E-state index contributed by atoms with van der Waals surface area (Å²) in [5.41, 5.74) is 0.274. The van der Waals surface area contributed by atoms with E-state index in [9.17, 15) is 24.5 Å². The van der Waals surface area contributed by atoms with Crippen molar-refractivity contribution in [1.29, 1.82) is 0 Å². The zero-order valence-electron chi connectivity index (χ0n) is 18.5. The molecule has 0 aliphatic heterocycles. The fourth-order valence-electron chi connectivity index (χ4n) is 3.40. The molecule has 0 bridgehead atoms. The van der Waals surface area contributed by atoms with Gasteiger partial charge in [-0.25, -0.2) is 4.39 Å². The molecule has 0 aliphatic carbocycles. The smallest absolute Gasteiger partial charge is 0.179 e. The van der Waals surface area contributed by atoms with Gasteiger partial charge in [-0.3, -0.25) is 9.79 Å². The summed E-state index contributed by atoms with van der Waals surface area (Å²) < 4.78 is 12.9. The largest absolute Gasteiger partial charge is 0.396 e. The molecule has 2 unspecified atom stereocenters. The zero-order chi connectivity index (χ0) is 22.7. The van der Waals surface area contributed by atoms with Crippen LogP contribution in [0.5, 0.6) is 0 Å². The third kappa shape index (κ3) is 9.43. The highest BCUT2D eigenvalue weighted by Gasteiger charge is 2.25. The van der Waals surface area contributed by atoms with Gasteiger partial charge in [0.1, 0.15) is 0 Å². The van der Waals surface area contributed by atoms with Crippen LogP contribution in [0.1, 0.15) is 65.0 Å². The summed E-state index contributed by atoms with van der Waals surface area (Å²) in [6, 6.07) is 8.25. The standard InChI is InChI=1S/C23H37FN2O4/c1-16(26-17(2)22(29)18-9-6-5-7-10-18)21(28)13-20(25-15-24)19(14-27)11-8-12-23(3,4)30/h5-7,9-10,16-17,19,22,26-27,29-30H,8,11-15H2,1-4H3/t16-,17?,19-,22?/m1/s1. The van der Waals surface area contributed by atoms with Crippen LogP contribution in [-0.4, -0.2) is 57.9 Å². The van der Waals surface area contributed by atoms with Gasteiger partial charge < -0.3 is 20.6 Å². The second-order valence-corrected chi connectivity index (χ2v) is 8.53. The Bertz CT molecular complexity index is 661. The average molecular weight is 425 g/mol. The van der Waals surface area contributed by atoms with E-state index < -0.39 is 30.5 Å². The molecule has 0 amide bonds. The van der Waals surface area contributed by atoms with Gasteiger partial charge in [-0.1, -0.05) is 30.3 Å². The molecule has 0 heterocycles. The summed E-state index contributed by atoms with van der Waals surface area (Å²) in [6.07, 6.45) is 0.833. The van der Waals surface area contributed by atoms with Crippen molar-refractivity contribution in [3.63, 3.8) is 0 Å². The first-order valence-corrected chi connectivity index (χ1v) is 10.5. The number of Topliss-reactive ketones (excluding diaryl/α,β-unsaturated/α-hetero) is 1. The Kier molecular flexibility index (Phi) is 11.3. The first-order chi connectivity index (χ1) is 14.1. The maximum absolute atomic E-state index is 12.9. The second-order valence-electron chi connectivity index (χ2n) is 8.53. The van der Waals surface area contributed by atoms with Crippen LogP contribution in [0.3, 0.4) is 0 Å². The minimum atomic E-state index is -0.949. The van der Waals surface area contributed by atoms with E-state index in [1.165, 1.54) is 0 Å². The SMILES string of the molecule is CC(N[C@H](C)C(=O)CC(=NCF)[C@@H](CO)CCCC(C)(C)O)C(O)c1ccccc1. The van der Waals surface area contributed by atoms with E-state index in [-0.39, 0.29) is 24.9 Å². The van der Waals surface area contributed by atoms with E-state index in [2.05, 4.69) is 10.3 Å². The Hall–Kier alpha value is -1.67. The number of hydrogen-bond acceptors (Lipinski definition) is 6. The topological polar surface area (TPSA) is 102 Å². The van der Waals surface area contributed by atoms with Crippen molar-refractivity contribution in [1.82, 2.24) is 5.32 Å². The minimum absolute atomic E-state index is 0.0695. The van der Waals surface area contributed by atoms with Crippen LogP contribution >= 0.6 is 0 Å². The molecule has 0 saturated carbocycles. The van der Waals surface area contributed by atoms with Gasteiger partial charge in [0.2, 0.25) is 0 Å². The predicted octanol–water partition coefficient (Wildman–Crippen LogP) is 2.96. The van der Waals surface area contributed by atoms with Crippen LogP contribution in [0.25, 0.3) is 0 Å². The second kappa shape index (κ2) is 12.9. The zero-order valence-corrected chi connectivity index (χ0v) is 18.5. The maximum Gasteiger partial charge on any atom is 0.179 e. The first-order valence-electron chi connectivity index (χ1n) is 10.5. The van der Waals surface area contributed by atoms with Crippen LogP contribution in [0.4, 0.5) is 4.39 Å². The number of aliphatic imine (C=N–C) groups is 1. The molecule has 7 heteroatoms. The minimum Gasteiger partial charge on any atom is -0.396 e. The van der Waals surface area contributed by atoms with E-state index in [1.54, 1.807) is 27.7 Å². The normalized spacial score (nSPS) is 16.7. The number of halogens is 1. The lowest BCUT2D eigenvalue weighted by atomic mass is 9.90. The third-order valence-electron chi connectivity index (χ3n) is 5.26. The number of carbonyl (C=O) groups is 1. The number of benzene rings is 1. The summed E-state index contributed by atoms with van der Waals surface area (Å²) in [5.74, 6) is -0.609. The number of carbonyl (C=O) groups excluding carboxylic acids is 1. The monoisotopic (exact) mass is 424 g/mol. The Morgan fingerprint density at radius 2 is 1.87 bits per heavy atom. The highest BCUT2D eigenvalue weighted by molar-refractivity contribution is 6.05. The molecule has 0 aromatic heterocycles. The molecule has 4 N–H and O–H groups in total. The highest BCUT2D eigenvalue weighted by atomic mass is 19.1. The molecule has 30 heavy (non-hydrogen) atoms. The number of hydrogen-bond donors (Lipinski definition) is 4. The van der Waals surface area contributed by atoms with Gasteiger partial charge in [-0.2, -0.15) is 0 Å². The van der Waals surface area contributed by atoms with E-state index in [0.29, 0.717) is 25.0 Å². The van der Waals surface area contributed by atoms with Crippen LogP contribution in [0.15, 0.2) is 35.3 Å². The lowest BCUT2D eigenvalue weighted by Crippen LogP contribution is -2.43. The molecule has 0 radical (unpaired) electrons. The van der Waals surface area contributed by atoms with E-state index >= 15 is 0 Å². The molecule has 1 rings (SSSR count). The fraction of sp³-hybridized carbons (Fsp3) is 0.652. The number of ketones is 1. The number of nitrogens with one attached hydrogen (secondary N) is 1. The van der Waals surface area contributed by atoms with Gasteiger partial charge in [0.05, 0.1) is 24.4 Å². The van der Waals surface area contributed by atoms with Crippen molar-refractivity contribution in [3.8, 4) is 0 Å². The molecular formula is C23H37FN2O4. The van der Waals surface area contributed by atoms with Gasteiger partial charge in [0.25, 0.3) is 0 Å². The quantitative estimate of drug-likeness (QED) is 0.272. The third-order valence-corrected chi connectivity index (χ3v) is 5.26. The van der Waals surface area contributed by atoms with Crippen LogP contribution in [0.2, 0.25) is 0 Å². The molecule has 0 saturated heterocycles. The highest BCUT2D eigenvalue weighted by Crippen LogP contribution is 2.20. The molecule has 170 valence electrons. The number of aliphatic hydroxyl groups is 3. The first kappa shape index (κ1) is 26.4. The van der Waals surface area contributed by atoms with E-state index in [4.69, 9.17) is 0 Å². The molecule has 6 nitrogen and oxygen atoms in total. The molecule has 0 fully saturated rings. The fourth-order valence-corrected chi connectivity index (χ4v) is 3.40. The van der Waals surface area contributed by atoms with Crippen molar-refractivity contribution in [3.05, 3.63) is 35.9 Å². The molecule has 1 aromatic carbocycles.